The maximum atomic E-state index is 3.70. The zero-order valence-electron chi connectivity index (χ0n) is 12.3. The van der Waals surface area contributed by atoms with Crippen LogP contribution in [-0.4, -0.2) is 23.6 Å². The van der Waals surface area contributed by atoms with Crippen LogP contribution < -0.4 is 31.5 Å². The third kappa shape index (κ3) is 1.30. The first-order chi connectivity index (χ1) is 10.7. The van der Waals surface area contributed by atoms with E-state index in [2.05, 4.69) is 94.9 Å². The fraction of sp³-hybridized carbons (Fsp3) is 0.0526. The topological polar surface area (TPSA) is 0 Å². The summed E-state index contributed by atoms with van der Waals surface area (Å²) in [6.07, 6.45) is 0. The third-order valence-electron chi connectivity index (χ3n) is 5.35. The van der Waals surface area contributed by atoms with Crippen LogP contribution in [0.5, 0.6) is 0 Å². The van der Waals surface area contributed by atoms with Crippen molar-refractivity contribution in [1.82, 2.24) is 0 Å². The number of hydrogen-bond acceptors (Lipinski definition) is 0. The van der Waals surface area contributed by atoms with Crippen LogP contribution in [0.3, 0.4) is 0 Å². The summed E-state index contributed by atoms with van der Waals surface area (Å²) in [6.45, 7) is 2.53. The summed E-state index contributed by atoms with van der Waals surface area (Å²) in [5, 5.41) is 9.63. The summed E-state index contributed by atoms with van der Waals surface area (Å²) in [7, 11) is -1.85. The molecular formula is C19H15PSeSi. The standard InChI is InChI=1S/C19H15PSeSi/c1-22-17-11-5-2-8-14(17)20(21,15-9-3-6-12-18(15)22)16-10-4-7-13-19(16)22/h2-13H,1H3. The van der Waals surface area contributed by atoms with E-state index in [4.69, 9.17) is 0 Å². The molecular weight excluding hydrogens is 366 g/mol. The fourth-order valence-electron chi connectivity index (χ4n) is 4.34. The van der Waals surface area contributed by atoms with E-state index in [0.717, 1.165) is 0 Å². The van der Waals surface area contributed by atoms with Crippen molar-refractivity contribution >= 4 is 61.1 Å². The van der Waals surface area contributed by atoms with E-state index >= 15 is 0 Å². The van der Waals surface area contributed by atoms with Gasteiger partial charge in [-0.25, -0.2) is 0 Å². The summed E-state index contributed by atoms with van der Waals surface area (Å²) in [4.78, 5) is 0. The van der Waals surface area contributed by atoms with Crippen LogP contribution in [-0.2, 0) is 0 Å². The average molecular weight is 381 g/mol. The van der Waals surface area contributed by atoms with Crippen molar-refractivity contribution in [3.8, 4) is 0 Å². The van der Waals surface area contributed by atoms with E-state index in [9.17, 15) is 0 Å². The van der Waals surface area contributed by atoms with Gasteiger partial charge < -0.3 is 0 Å². The Hall–Kier alpha value is -1.17. The molecule has 3 aromatic carbocycles. The summed E-state index contributed by atoms with van der Waals surface area (Å²) in [5.41, 5.74) is 0. The van der Waals surface area contributed by atoms with Gasteiger partial charge in [-0.15, -0.1) is 0 Å². The number of benzene rings is 3. The minimum absolute atomic E-state index is 1.58. The van der Waals surface area contributed by atoms with E-state index in [0.29, 0.717) is 0 Å². The Balaban J connectivity index is 2.05. The SMILES string of the molecule is C[Si]12c3ccccc3[P+]([Se-])(c3ccccc31)c1ccccc12. The predicted octanol–water partition coefficient (Wildman–Crippen LogP) is 0.791. The molecule has 0 N–H and O–H groups in total. The second kappa shape index (κ2) is 4.22. The van der Waals surface area contributed by atoms with Gasteiger partial charge in [0.15, 0.2) is 0 Å². The first kappa shape index (κ1) is 13.3. The van der Waals surface area contributed by atoms with Crippen LogP contribution in [0.15, 0.2) is 72.8 Å². The molecule has 3 aliphatic rings. The Bertz CT molecular complexity index is 741. The van der Waals surface area contributed by atoms with Crippen molar-refractivity contribution in [2.45, 2.75) is 6.55 Å². The van der Waals surface area contributed by atoms with Gasteiger partial charge >= 0.3 is 140 Å². The molecule has 0 saturated heterocycles. The Labute approximate surface area is 140 Å². The Morgan fingerprint density at radius 1 is 0.636 bits per heavy atom. The molecule has 0 aromatic heterocycles. The van der Waals surface area contributed by atoms with Crippen molar-refractivity contribution in [2.75, 3.05) is 0 Å². The quantitative estimate of drug-likeness (QED) is 0.399. The monoisotopic (exact) mass is 382 g/mol. The van der Waals surface area contributed by atoms with Gasteiger partial charge in [0, 0.05) is 0 Å². The normalized spacial score (nSPS) is 27.0. The van der Waals surface area contributed by atoms with Crippen LogP contribution in [0.25, 0.3) is 0 Å². The van der Waals surface area contributed by atoms with Crippen LogP contribution in [0, 0.1) is 0 Å². The van der Waals surface area contributed by atoms with Gasteiger partial charge in [-0.1, -0.05) is 0 Å². The van der Waals surface area contributed by atoms with Gasteiger partial charge in [-0.05, 0) is 0 Å². The molecule has 106 valence electrons. The predicted molar refractivity (Wildman–Crippen MR) is 101 cm³/mol. The van der Waals surface area contributed by atoms with Crippen molar-refractivity contribution in [3.05, 3.63) is 72.8 Å². The van der Waals surface area contributed by atoms with Crippen molar-refractivity contribution in [3.63, 3.8) is 0 Å². The molecule has 0 saturated carbocycles. The molecule has 0 aliphatic carbocycles. The Morgan fingerprint density at radius 2 is 0.955 bits per heavy atom. The Morgan fingerprint density at radius 3 is 1.32 bits per heavy atom. The van der Waals surface area contributed by atoms with E-state index in [-0.39, 0.29) is 0 Å². The van der Waals surface area contributed by atoms with E-state index in [1.165, 1.54) is 0 Å². The van der Waals surface area contributed by atoms with Crippen LogP contribution in [0.1, 0.15) is 0 Å². The Kier molecular flexibility index (Phi) is 2.55. The van der Waals surface area contributed by atoms with Gasteiger partial charge in [0.25, 0.3) is 0 Å². The second-order valence-corrected chi connectivity index (χ2v) is 16.3. The van der Waals surface area contributed by atoms with Crippen molar-refractivity contribution in [1.29, 1.82) is 0 Å². The molecule has 6 rings (SSSR count). The second-order valence-electron chi connectivity index (χ2n) is 6.29. The summed E-state index contributed by atoms with van der Waals surface area (Å²) in [6, 6.07) is 27.6. The van der Waals surface area contributed by atoms with Gasteiger partial charge in [-0.3, -0.25) is 0 Å². The fourth-order valence-corrected chi connectivity index (χ4v) is 19.4. The molecule has 3 aromatic rings. The van der Waals surface area contributed by atoms with Gasteiger partial charge in [0.2, 0.25) is 0 Å². The molecule has 3 heteroatoms. The van der Waals surface area contributed by atoms with E-state index in [1.807, 2.05) is 0 Å². The molecule has 0 radical (unpaired) electrons. The molecule has 22 heavy (non-hydrogen) atoms. The summed E-state index contributed by atoms with van der Waals surface area (Å²) >= 11 is 3.70. The number of rotatable bonds is 0. The van der Waals surface area contributed by atoms with Gasteiger partial charge in [-0.2, -0.15) is 0 Å². The zero-order valence-corrected chi connectivity index (χ0v) is 15.9. The van der Waals surface area contributed by atoms with Gasteiger partial charge in [0.05, 0.1) is 0 Å². The van der Waals surface area contributed by atoms with Crippen molar-refractivity contribution in [2.24, 2.45) is 0 Å². The van der Waals surface area contributed by atoms with Crippen LogP contribution in [0.4, 0.5) is 0 Å². The first-order valence-corrected chi connectivity index (χ1v) is 14.1. The average Bonchev–Trinajstić information content (AvgIpc) is 2.59. The van der Waals surface area contributed by atoms with Crippen molar-refractivity contribution < 1.29 is 0 Å². The van der Waals surface area contributed by atoms with Crippen LogP contribution >= 0.6 is 5.95 Å². The minimum atomic E-state index is -1.85. The number of hydrogen-bond donors (Lipinski definition) is 0. The molecule has 0 nitrogen and oxygen atoms in total. The van der Waals surface area contributed by atoms with Gasteiger partial charge in [0.1, 0.15) is 0 Å². The molecule has 0 unspecified atom stereocenters. The zero-order chi connectivity index (χ0) is 14.9. The third-order valence-corrected chi connectivity index (χ3v) is 17.4. The molecule has 0 atom stereocenters. The molecule has 0 spiro atoms. The molecule has 3 aliphatic heterocycles. The molecule has 2 bridgehead atoms. The molecule has 0 fully saturated rings. The summed E-state index contributed by atoms with van der Waals surface area (Å²) < 4.78 is 0. The summed E-state index contributed by atoms with van der Waals surface area (Å²) in [5.74, 6) is -1.58. The first-order valence-electron chi connectivity index (χ1n) is 7.59. The van der Waals surface area contributed by atoms with E-state index < -0.39 is 14.0 Å². The van der Waals surface area contributed by atoms with E-state index in [1.54, 1.807) is 31.5 Å². The maximum absolute atomic E-state index is 3.70. The van der Waals surface area contributed by atoms with Crippen LogP contribution in [0.2, 0.25) is 6.55 Å². The molecule has 0 amide bonds. The molecule has 3 heterocycles.